The molecule has 2 N–H and O–H groups in total. The van der Waals surface area contributed by atoms with Crippen molar-refractivity contribution >= 4 is 11.3 Å². The monoisotopic (exact) mass is 246 g/mol. The van der Waals surface area contributed by atoms with Gasteiger partial charge in [-0.1, -0.05) is 24.3 Å². The van der Waals surface area contributed by atoms with Crippen LogP contribution in [0, 0.1) is 6.92 Å². The molecule has 0 aliphatic carbocycles. The van der Waals surface area contributed by atoms with Crippen LogP contribution in [0.5, 0.6) is 0 Å². The lowest BCUT2D eigenvalue weighted by Gasteiger charge is -2.18. The van der Waals surface area contributed by atoms with Crippen molar-refractivity contribution in [1.29, 1.82) is 0 Å². The Balaban J connectivity index is 2.19. The minimum atomic E-state index is -0.154. The summed E-state index contributed by atoms with van der Waals surface area (Å²) >= 11 is 1.68. The molecule has 17 heavy (non-hydrogen) atoms. The smallest absolute Gasteiger partial charge is 0.0901 e. The predicted octanol–water partition coefficient (Wildman–Crippen LogP) is 3.40. The van der Waals surface area contributed by atoms with Crippen LogP contribution in [0.3, 0.4) is 0 Å². The molecule has 0 aliphatic heterocycles. The van der Waals surface area contributed by atoms with Crippen molar-refractivity contribution in [3.05, 3.63) is 40.2 Å². The molecule has 0 saturated heterocycles. The van der Waals surface area contributed by atoms with Crippen molar-refractivity contribution in [3.63, 3.8) is 0 Å². The Kier molecular flexibility index (Phi) is 3.31. The fourth-order valence-electron chi connectivity index (χ4n) is 1.82. The number of benzene rings is 1. The van der Waals surface area contributed by atoms with Crippen LogP contribution >= 0.6 is 11.3 Å². The van der Waals surface area contributed by atoms with E-state index in [0.717, 1.165) is 17.1 Å². The third-order valence-corrected chi connectivity index (χ3v) is 3.30. The maximum Gasteiger partial charge on any atom is 0.0901 e. The summed E-state index contributed by atoms with van der Waals surface area (Å²) < 4.78 is 0. The number of rotatable bonds is 3. The Labute approximate surface area is 107 Å². The number of aryl methyl sites for hydroxylation is 1. The van der Waals surface area contributed by atoms with Crippen LogP contribution < -0.4 is 5.73 Å². The van der Waals surface area contributed by atoms with Gasteiger partial charge in [-0.05, 0) is 32.8 Å². The van der Waals surface area contributed by atoms with Gasteiger partial charge in [0.05, 0.1) is 10.7 Å². The predicted molar refractivity (Wildman–Crippen MR) is 74.3 cm³/mol. The molecular weight excluding hydrogens is 228 g/mol. The normalized spacial score (nSPS) is 11.8. The van der Waals surface area contributed by atoms with Gasteiger partial charge in [0.1, 0.15) is 0 Å². The van der Waals surface area contributed by atoms with Crippen molar-refractivity contribution in [2.24, 2.45) is 5.73 Å². The van der Waals surface area contributed by atoms with E-state index in [9.17, 15) is 0 Å². The quantitative estimate of drug-likeness (QED) is 0.901. The van der Waals surface area contributed by atoms with Crippen LogP contribution in [-0.2, 0) is 6.42 Å². The zero-order valence-electron chi connectivity index (χ0n) is 10.5. The van der Waals surface area contributed by atoms with Crippen molar-refractivity contribution in [3.8, 4) is 11.3 Å². The van der Waals surface area contributed by atoms with Gasteiger partial charge in [-0.2, -0.15) is 0 Å². The lowest BCUT2D eigenvalue weighted by Crippen LogP contribution is -2.34. The molecule has 1 heterocycles. The first-order chi connectivity index (χ1) is 7.94. The Hall–Kier alpha value is -1.19. The maximum absolute atomic E-state index is 6.01. The Morgan fingerprint density at radius 1 is 1.24 bits per heavy atom. The van der Waals surface area contributed by atoms with Gasteiger partial charge < -0.3 is 5.73 Å². The molecule has 90 valence electrons. The summed E-state index contributed by atoms with van der Waals surface area (Å²) in [6.07, 6.45) is 0.892. The number of nitrogens with two attached hydrogens (primary N) is 1. The van der Waals surface area contributed by atoms with E-state index < -0.39 is 0 Å². The van der Waals surface area contributed by atoms with Crippen LogP contribution in [0.25, 0.3) is 11.3 Å². The molecule has 0 aliphatic rings. The Morgan fingerprint density at radius 3 is 2.35 bits per heavy atom. The fraction of sp³-hybridized carbons (Fsp3) is 0.357. The maximum atomic E-state index is 6.01. The SMILES string of the molecule is Cc1nc(-c2ccc(CC(C)(C)N)cc2)cs1. The molecule has 2 rings (SSSR count). The van der Waals surface area contributed by atoms with Crippen LogP contribution in [0.1, 0.15) is 24.4 Å². The standard InChI is InChI=1S/C14H18N2S/c1-10-16-13(9-17-10)12-6-4-11(5-7-12)8-14(2,3)15/h4-7,9H,8,15H2,1-3H3. The van der Waals surface area contributed by atoms with Gasteiger partial charge >= 0.3 is 0 Å². The van der Waals surface area contributed by atoms with E-state index in [2.05, 4.69) is 34.6 Å². The molecule has 0 amide bonds. The lowest BCUT2D eigenvalue weighted by atomic mass is 9.95. The zero-order valence-corrected chi connectivity index (χ0v) is 11.3. The Morgan fingerprint density at radius 2 is 1.88 bits per heavy atom. The second-order valence-electron chi connectivity index (χ2n) is 5.11. The van der Waals surface area contributed by atoms with E-state index in [-0.39, 0.29) is 5.54 Å². The number of nitrogens with zero attached hydrogens (tertiary/aromatic N) is 1. The van der Waals surface area contributed by atoms with Crippen molar-refractivity contribution in [2.45, 2.75) is 32.7 Å². The summed E-state index contributed by atoms with van der Waals surface area (Å²) in [5, 5.41) is 3.20. The third-order valence-electron chi connectivity index (χ3n) is 2.53. The Bertz CT molecular complexity index is 492. The number of aromatic nitrogens is 1. The number of hydrogen-bond acceptors (Lipinski definition) is 3. The van der Waals surface area contributed by atoms with Crippen LogP contribution in [0.4, 0.5) is 0 Å². The van der Waals surface area contributed by atoms with Crippen molar-refractivity contribution in [1.82, 2.24) is 4.98 Å². The molecule has 0 unspecified atom stereocenters. The molecule has 2 nitrogen and oxygen atoms in total. The van der Waals surface area contributed by atoms with E-state index in [1.54, 1.807) is 11.3 Å². The highest BCUT2D eigenvalue weighted by molar-refractivity contribution is 7.09. The average molecular weight is 246 g/mol. The van der Waals surface area contributed by atoms with Crippen molar-refractivity contribution in [2.75, 3.05) is 0 Å². The highest BCUT2D eigenvalue weighted by Crippen LogP contribution is 2.22. The van der Waals surface area contributed by atoms with Crippen LogP contribution in [0.15, 0.2) is 29.6 Å². The number of hydrogen-bond donors (Lipinski definition) is 1. The van der Waals surface area contributed by atoms with E-state index >= 15 is 0 Å². The highest BCUT2D eigenvalue weighted by Gasteiger charge is 2.11. The minimum Gasteiger partial charge on any atom is -0.325 e. The van der Waals surface area contributed by atoms with Crippen LogP contribution in [-0.4, -0.2) is 10.5 Å². The molecule has 0 spiro atoms. The second-order valence-corrected chi connectivity index (χ2v) is 6.18. The van der Waals surface area contributed by atoms with Crippen LogP contribution in [0.2, 0.25) is 0 Å². The van der Waals surface area contributed by atoms with Gasteiger partial charge in [0.25, 0.3) is 0 Å². The highest BCUT2D eigenvalue weighted by atomic mass is 32.1. The second kappa shape index (κ2) is 4.59. The van der Waals surface area contributed by atoms with E-state index in [4.69, 9.17) is 5.73 Å². The molecule has 0 fully saturated rings. The van der Waals surface area contributed by atoms with Gasteiger partial charge in [0.2, 0.25) is 0 Å². The molecule has 2 aromatic rings. The molecule has 0 atom stereocenters. The first-order valence-corrected chi connectivity index (χ1v) is 6.62. The average Bonchev–Trinajstić information content (AvgIpc) is 2.63. The largest absolute Gasteiger partial charge is 0.325 e. The van der Waals surface area contributed by atoms with Crippen molar-refractivity contribution < 1.29 is 0 Å². The van der Waals surface area contributed by atoms with Gasteiger partial charge in [-0.15, -0.1) is 11.3 Å². The summed E-state index contributed by atoms with van der Waals surface area (Å²) in [7, 11) is 0. The summed E-state index contributed by atoms with van der Waals surface area (Å²) in [5.74, 6) is 0. The topological polar surface area (TPSA) is 38.9 Å². The minimum absolute atomic E-state index is 0.154. The summed E-state index contributed by atoms with van der Waals surface area (Å²) in [6.45, 7) is 6.12. The van der Waals surface area contributed by atoms with E-state index in [1.165, 1.54) is 11.1 Å². The lowest BCUT2D eigenvalue weighted by molar-refractivity contribution is 0.517. The van der Waals surface area contributed by atoms with Gasteiger partial charge in [-0.3, -0.25) is 0 Å². The molecular formula is C14H18N2S. The zero-order chi connectivity index (χ0) is 12.5. The van der Waals surface area contributed by atoms with Gasteiger partial charge in [0.15, 0.2) is 0 Å². The first-order valence-electron chi connectivity index (χ1n) is 5.74. The molecule has 3 heteroatoms. The number of thiazole rings is 1. The van der Waals surface area contributed by atoms with Gasteiger partial charge in [-0.25, -0.2) is 4.98 Å². The summed E-state index contributed by atoms with van der Waals surface area (Å²) in [4.78, 5) is 4.48. The molecule has 0 radical (unpaired) electrons. The van der Waals surface area contributed by atoms with Gasteiger partial charge in [0, 0.05) is 16.5 Å². The molecule has 0 saturated carbocycles. The molecule has 0 bridgehead atoms. The molecule has 1 aromatic carbocycles. The first kappa shape index (κ1) is 12.3. The summed E-state index contributed by atoms with van der Waals surface area (Å²) in [5.41, 5.74) is 9.36. The third kappa shape index (κ3) is 3.38. The van der Waals surface area contributed by atoms with E-state index in [0.29, 0.717) is 0 Å². The molecule has 1 aromatic heterocycles. The summed E-state index contributed by atoms with van der Waals surface area (Å²) in [6, 6.07) is 8.52. The fourth-order valence-corrected chi connectivity index (χ4v) is 2.44. The van der Waals surface area contributed by atoms with E-state index in [1.807, 2.05) is 20.8 Å².